The summed E-state index contributed by atoms with van der Waals surface area (Å²) in [4.78, 5) is 34.0. The average molecular weight is 435 g/mol. The van der Waals surface area contributed by atoms with Crippen molar-refractivity contribution in [2.24, 2.45) is 5.92 Å². The van der Waals surface area contributed by atoms with E-state index in [0.717, 1.165) is 5.82 Å². The van der Waals surface area contributed by atoms with Crippen LogP contribution in [0.5, 0.6) is 0 Å². The van der Waals surface area contributed by atoms with Crippen molar-refractivity contribution in [3.8, 4) is 0 Å². The first kappa shape index (κ1) is 21.4. The van der Waals surface area contributed by atoms with Crippen LogP contribution in [0, 0.1) is 5.92 Å². The van der Waals surface area contributed by atoms with Gasteiger partial charge in [-0.3, -0.25) is 9.59 Å². The molecule has 1 aliphatic rings. The molecule has 1 atom stereocenters. The molecule has 6 nitrogen and oxygen atoms in total. The Bertz CT molecular complexity index is 865. The topological polar surface area (TPSA) is 65.5 Å². The van der Waals surface area contributed by atoms with Crippen molar-refractivity contribution in [1.82, 2.24) is 15.2 Å². The summed E-state index contributed by atoms with van der Waals surface area (Å²) in [7, 11) is 0. The van der Waals surface area contributed by atoms with E-state index in [-0.39, 0.29) is 17.7 Å². The SMILES string of the molecule is CC(C)C(NC(=O)c1ccccc1Cl)C(=O)N1CCN(c2ccc(Cl)cn2)CC1. The molecule has 0 saturated carbocycles. The lowest BCUT2D eigenvalue weighted by Gasteiger charge is -2.37. The Kier molecular flexibility index (Phi) is 6.98. The van der Waals surface area contributed by atoms with Gasteiger partial charge >= 0.3 is 0 Å². The Morgan fingerprint density at radius 1 is 1.03 bits per heavy atom. The van der Waals surface area contributed by atoms with E-state index in [9.17, 15) is 9.59 Å². The van der Waals surface area contributed by atoms with Crippen LogP contribution in [0.1, 0.15) is 24.2 Å². The third-order valence-electron chi connectivity index (χ3n) is 4.96. The van der Waals surface area contributed by atoms with E-state index >= 15 is 0 Å². The highest BCUT2D eigenvalue weighted by Crippen LogP contribution is 2.19. The molecular weight excluding hydrogens is 411 g/mol. The molecule has 8 heteroatoms. The second kappa shape index (κ2) is 9.46. The summed E-state index contributed by atoms with van der Waals surface area (Å²) in [5.74, 6) is 0.370. The average Bonchev–Trinajstić information content (AvgIpc) is 2.72. The van der Waals surface area contributed by atoms with Crippen LogP contribution in [-0.2, 0) is 4.79 Å². The minimum Gasteiger partial charge on any atom is -0.353 e. The number of hydrogen-bond acceptors (Lipinski definition) is 4. The number of hydrogen-bond donors (Lipinski definition) is 1. The first-order valence-electron chi connectivity index (χ1n) is 9.57. The number of anilines is 1. The Labute approximate surface area is 180 Å². The maximum absolute atomic E-state index is 13.1. The molecular formula is C21H24Cl2N4O2. The molecule has 0 aliphatic carbocycles. The van der Waals surface area contributed by atoms with Crippen molar-refractivity contribution >= 4 is 40.8 Å². The number of carbonyl (C=O) groups is 2. The highest BCUT2D eigenvalue weighted by Gasteiger charge is 2.31. The lowest BCUT2D eigenvalue weighted by molar-refractivity contribution is -0.134. The highest BCUT2D eigenvalue weighted by molar-refractivity contribution is 6.33. The molecule has 2 amide bonds. The van der Waals surface area contributed by atoms with E-state index in [4.69, 9.17) is 23.2 Å². The van der Waals surface area contributed by atoms with Crippen LogP contribution in [0.15, 0.2) is 42.6 Å². The number of piperazine rings is 1. The number of nitrogens with one attached hydrogen (secondary N) is 1. The third-order valence-corrected chi connectivity index (χ3v) is 5.52. The molecule has 1 unspecified atom stereocenters. The van der Waals surface area contributed by atoms with Crippen molar-refractivity contribution in [2.75, 3.05) is 31.1 Å². The first-order valence-corrected chi connectivity index (χ1v) is 10.3. The van der Waals surface area contributed by atoms with E-state index in [1.807, 2.05) is 19.9 Å². The molecule has 1 N–H and O–H groups in total. The second-order valence-corrected chi connectivity index (χ2v) is 8.17. The summed E-state index contributed by atoms with van der Waals surface area (Å²) < 4.78 is 0. The minimum atomic E-state index is -0.612. The molecule has 1 aromatic heterocycles. The number of carbonyl (C=O) groups excluding carboxylic acids is 2. The number of nitrogens with zero attached hydrogens (tertiary/aromatic N) is 3. The van der Waals surface area contributed by atoms with Gasteiger partial charge in [0.2, 0.25) is 5.91 Å². The molecule has 0 radical (unpaired) electrons. The highest BCUT2D eigenvalue weighted by atomic mass is 35.5. The zero-order valence-electron chi connectivity index (χ0n) is 16.4. The summed E-state index contributed by atoms with van der Waals surface area (Å²) in [5.41, 5.74) is 0.367. The van der Waals surface area contributed by atoms with Crippen molar-refractivity contribution in [1.29, 1.82) is 0 Å². The van der Waals surface area contributed by atoms with Gasteiger partial charge in [-0.25, -0.2) is 4.98 Å². The molecule has 29 heavy (non-hydrogen) atoms. The summed E-state index contributed by atoms with van der Waals surface area (Å²) in [5, 5.41) is 3.82. The zero-order valence-corrected chi connectivity index (χ0v) is 18.0. The molecule has 1 aliphatic heterocycles. The van der Waals surface area contributed by atoms with Gasteiger partial charge < -0.3 is 15.1 Å². The smallest absolute Gasteiger partial charge is 0.253 e. The predicted octanol–water partition coefficient (Wildman–Crippen LogP) is 3.49. The van der Waals surface area contributed by atoms with Crippen LogP contribution in [0.4, 0.5) is 5.82 Å². The molecule has 3 rings (SSSR count). The van der Waals surface area contributed by atoms with Gasteiger partial charge in [-0.1, -0.05) is 49.2 Å². The van der Waals surface area contributed by atoms with Gasteiger partial charge in [0.05, 0.1) is 15.6 Å². The standard InChI is InChI=1S/C21H24Cl2N4O2/c1-14(2)19(25-20(28)16-5-3-4-6-17(16)23)21(29)27-11-9-26(10-12-27)18-8-7-15(22)13-24-18/h3-8,13-14,19H,9-12H2,1-2H3,(H,25,28). The molecule has 2 heterocycles. The van der Waals surface area contributed by atoms with Gasteiger partial charge in [0.15, 0.2) is 0 Å². The maximum atomic E-state index is 13.1. The molecule has 1 fully saturated rings. The van der Waals surface area contributed by atoms with E-state index in [0.29, 0.717) is 41.8 Å². The first-order chi connectivity index (χ1) is 13.9. The summed E-state index contributed by atoms with van der Waals surface area (Å²) in [6.07, 6.45) is 1.62. The third kappa shape index (κ3) is 5.19. The number of benzene rings is 1. The molecule has 0 bridgehead atoms. The zero-order chi connectivity index (χ0) is 21.0. The fourth-order valence-electron chi connectivity index (χ4n) is 3.29. The number of aromatic nitrogens is 1. The van der Waals surface area contributed by atoms with Gasteiger partial charge in [-0.15, -0.1) is 0 Å². The van der Waals surface area contributed by atoms with Gasteiger partial charge in [0, 0.05) is 32.4 Å². The summed E-state index contributed by atoms with van der Waals surface area (Å²) in [6.45, 7) is 6.31. The normalized spacial score (nSPS) is 15.3. The number of halogens is 2. The molecule has 0 spiro atoms. The lowest BCUT2D eigenvalue weighted by Crippen LogP contribution is -2.56. The maximum Gasteiger partial charge on any atom is 0.253 e. The van der Waals surface area contributed by atoms with Crippen LogP contribution in [0.3, 0.4) is 0 Å². The Hall–Kier alpha value is -2.31. The number of pyridine rings is 1. The van der Waals surface area contributed by atoms with Gasteiger partial charge in [-0.2, -0.15) is 0 Å². The summed E-state index contributed by atoms with van der Waals surface area (Å²) >= 11 is 12.0. The summed E-state index contributed by atoms with van der Waals surface area (Å²) in [6, 6.07) is 9.89. The number of amides is 2. The van der Waals surface area contributed by atoms with E-state index in [2.05, 4.69) is 15.2 Å². The van der Waals surface area contributed by atoms with Gasteiger partial charge in [0.25, 0.3) is 5.91 Å². The van der Waals surface area contributed by atoms with Crippen molar-refractivity contribution in [3.05, 3.63) is 58.2 Å². The van der Waals surface area contributed by atoms with Crippen LogP contribution in [0.2, 0.25) is 10.0 Å². The van der Waals surface area contributed by atoms with Crippen LogP contribution in [0.25, 0.3) is 0 Å². The van der Waals surface area contributed by atoms with Crippen LogP contribution in [-0.4, -0.2) is 53.9 Å². The Balaban J connectivity index is 1.63. The van der Waals surface area contributed by atoms with Gasteiger partial charge in [-0.05, 0) is 30.2 Å². The fourth-order valence-corrected chi connectivity index (χ4v) is 3.62. The Morgan fingerprint density at radius 3 is 2.31 bits per heavy atom. The van der Waals surface area contributed by atoms with E-state index < -0.39 is 6.04 Å². The second-order valence-electron chi connectivity index (χ2n) is 7.32. The largest absolute Gasteiger partial charge is 0.353 e. The molecule has 1 aromatic carbocycles. The van der Waals surface area contributed by atoms with Crippen molar-refractivity contribution in [2.45, 2.75) is 19.9 Å². The van der Waals surface area contributed by atoms with E-state index in [1.165, 1.54) is 0 Å². The Morgan fingerprint density at radius 2 is 1.72 bits per heavy atom. The van der Waals surface area contributed by atoms with Crippen molar-refractivity contribution < 1.29 is 9.59 Å². The quantitative estimate of drug-likeness (QED) is 0.781. The van der Waals surface area contributed by atoms with Gasteiger partial charge in [0.1, 0.15) is 11.9 Å². The van der Waals surface area contributed by atoms with E-state index in [1.54, 1.807) is 41.4 Å². The fraction of sp³-hybridized carbons (Fsp3) is 0.381. The van der Waals surface area contributed by atoms with Crippen LogP contribution < -0.4 is 10.2 Å². The van der Waals surface area contributed by atoms with Crippen molar-refractivity contribution in [3.63, 3.8) is 0 Å². The van der Waals surface area contributed by atoms with Crippen LogP contribution >= 0.6 is 23.2 Å². The molecule has 154 valence electrons. The minimum absolute atomic E-state index is 0.0510. The monoisotopic (exact) mass is 434 g/mol. The predicted molar refractivity (Wildman–Crippen MR) is 116 cm³/mol. The molecule has 2 aromatic rings. The molecule has 1 saturated heterocycles. The number of rotatable bonds is 5. The lowest BCUT2D eigenvalue weighted by atomic mass is 10.0.